The van der Waals surface area contributed by atoms with Crippen LogP contribution in [0.15, 0.2) is 48.9 Å². The molecule has 258 valence electrons. The molecule has 48 heavy (non-hydrogen) atoms. The fourth-order valence-corrected chi connectivity index (χ4v) is 7.00. The van der Waals surface area contributed by atoms with Crippen LogP contribution >= 0.6 is 0 Å². The topological polar surface area (TPSA) is 110 Å². The number of carbonyl (C=O) groups is 3. The van der Waals surface area contributed by atoms with E-state index in [9.17, 15) is 14.4 Å². The lowest BCUT2D eigenvalue weighted by Gasteiger charge is -2.40. The highest BCUT2D eigenvalue weighted by atomic mass is 16.5. The number of ether oxygens (including phenoxy) is 2. The van der Waals surface area contributed by atoms with E-state index < -0.39 is 5.97 Å². The van der Waals surface area contributed by atoms with Crippen molar-refractivity contribution in [1.29, 1.82) is 0 Å². The zero-order valence-electron chi connectivity index (χ0n) is 29.0. The number of likely N-dealkylation sites (N-methyl/N-ethyl adjacent to an activating group) is 1. The number of methoxy groups -OCH3 is 1. The number of anilines is 1. The molecule has 2 amide bonds. The molecular weight excluding hydrogens is 608 g/mol. The van der Waals surface area contributed by atoms with Gasteiger partial charge in [-0.1, -0.05) is 25.1 Å². The summed E-state index contributed by atoms with van der Waals surface area (Å²) in [6.07, 6.45) is 12.8. The lowest BCUT2D eigenvalue weighted by atomic mass is 9.84. The summed E-state index contributed by atoms with van der Waals surface area (Å²) in [4.78, 5) is 50.0. The minimum atomic E-state index is -0.454. The van der Waals surface area contributed by atoms with Gasteiger partial charge in [0, 0.05) is 56.8 Å². The molecule has 2 aromatic heterocycles. The third-order valence-corrected chi connectivity index (χ3v) is 9.89. The highest BCUT2D eigenvalue weighted by Gasteiger charge is 2.35. The van der Waals surface area contributed by atoms with Gasteiger partial charge < -0.3 is 24.2 Å². The van der Waals surface area contributed by atoms with Crippen LogP contribution in [0.5, 0.6) is 0 Å². The highest BCUT2D eigenvalue weighted by Crippen LogP contribution is 2.33. The third kappa shape index (κ3) is 8.87. The van der Waals surface area contributed by atoms with E-state index in [-0.39, 0.29) is 35.7 Å². The highest BCUT2D eigenvalue weighted by molar-refractivity contribution is 5.95. The molecule has 2 aliphatic rings. The average Bonchev–Trinajstić information content (AvgIpc) is 3.47. The fourth-order valence-electron chi connectivity index (χ4n) is 7.00. The first-order valence-corrected chi connectivity index (χ1v) is 17.1. The van der Waals surface area contributed by atoms with Crippen LogP contribution in [0.2, 0.25) is 0 Å². The number of esters is 1. The number of rotatable bonds is 12. The standard InChI is InChI=1S/C37H50N6O5/c1-26-24-42(34(44)20-29-7-6-8-30-22-39-41(4)36(29)30)16-15-31(26)25-43(32-19-27(21-38-23-32)9-14-35(45)47-5)37(46)28-10-12-33(13-11-28)48-18-17-40(2)3/h6-9,14,19,21-23,26,28,31,33H,10-13,15-18,20,24-25H2,1-5H3/b14-9+. The van der Waals surface area contributed by atoms with Gasteiger partial charge in [-0.25, -0.2) is 4.79 Å². The zero-order chi connectivity index (χ0) is 34.2. The number of aromatic nitrogens is 3. The molecule has 0 spiro atoms. The molecule has 0 radical (unpaired) electrons. The second-order valence-electron chi connectivity index (χ2n) is 13.6. The SMILES string of the molecule is COC(=O)/C=C/c1cncc(N(CC2CCN(C(=O)Cc3cccc4cnn(C)c34)CC2C)C(=O)C2CCC(OCCN(C)C)CC2)c1. The van der Waals surface area contributed by atoms with Gasteiger partial charge in [-0.05, 0) is 81.3 Å². The quantitative estimate of drug-likeness (QED) is 0.209. The van der Waals surface area contributed by atoms with Crippen molar-refractivity contribution in [2.24, 2.45) is 24.8 Å². The van der Waals surface area contributed by atoms with E-state index in [0.29, 0.717) is 43.9 Å². The maximum absolute atomic E-state index is 14.3. The number of likely N-dealkylation sites (tertiary alicyclic amines) is 1. The summed E-state index contributed by atoms with van der Waals surface area (Å²) in [5.41, 5.74) is 3.40. The van der Waals surface area contributed by atoms with Crippen molar-refractivity contribution < 1.29 is 23.9 Å². The van der Waals surface area contributed by atoms with E-state index in [1.165, 1.54) is 13.2 Å². The third-order valence-electron chi connectivity index (χ3n) is 9.89. The van der Waals surface area contributed by atoms with Crippen LogP contribution in [0.3, 0.4) is 0 Å². The number of pyridine rings is 1. The molecule has 11 nitrogen and oxygen atoms in total. The summed E-state index contributed by atoms with van der Waals surface area (Å²) in [5, 5.41) is 5.40. The smallest absolute Gasteiger partial charge is 0.330 e. The van der Waals surface area contributed by atoms with Crippen molar-refractivity contribution in [2.45, 2.75) is 51.6 Å². The average molecular weight is 659 g/mol. The molecule has 2 fully saturated rings. The van der Waals surface area contributed by atoms with Crippen LogP contribution in [-0.2, 0) is 37.3 Å². The minimum Gasteiger partial charge on any atom is -0.466 e. The zero-order valence-corrected chi connectivity index (χ0v) is 29.0. The largest absolute Gasteiger partial charge is 0.466 e. The summed E-state index contributed by atoms with van der Waals surface area (Å²) >= 11 is 0. The van der Waals surface area contributed by atoms with Gasteiger partial charge in [0.15, 0.2) is 0 Å². The number of benzene rings is 1. The Morgan fingerprint density at radius 3 is 2.58 bits per heavy atom. The molecule has 3 aromatic rings. The molecule has 1 aromatic carbocycles. The number of amides is 2. The first-order chi connectivity index (χ1) is 23.1. The Balaban J connectivity index is 1.27. The van der Waals surface area contributed by atoms with Crippen molar-refractivity contribution in [3.8, 4) is 0 Å². The number of para-hydroxylation sites is 1. The number of piperidine rings is 1. The van der Waals surface area contributed by atoms with Crippen molar-refractivity contribution in [3.63, 3.8) is 0 Å². The monoisotopic (exact) mass is 658 g/mol. The molecule has 1 saturated carbocycles. The molecule has 3 heterocycles. The van der Waals surface area contributed by atoms with Gasteiger partial charge in [0.25, 0.3) is 0 Å². The molecular formula is C37H50N6O5. The van der Waals surface area contributed by atoms with Gasteiger partial charge in [0.2, 0.25) is 11.8 Å². The lowest BCUT2D eigenvalue weighted by Crippen LogP contribution is -2.48. The normalized spacial score (nSPS) is 21.6. The van der Waals surface area contributed by atoms with Crippen molar-refractivity contribution >= 4 is 40.4 Å². The molecule has 1 aliphatic carbocycles. The molecule has 11 heteroatoms. The molecule has 2 unspecified atom stereocenters. The molecule has 1 aliphatic heterocycles. The van der Waals surface area contributed by atoms with Crippen LogP contribution < -0.4 is 4.90 Å². The van der Waals surface area contributed by atoms with E-state index in [2.05, 4.69) is 21.9 Å². The minimum absolute atomic E-state index is 0.0975. The van der Waals surface area contributed by atoms with E-state index in [4.69, 9.17) is 9.47 Å². The van der Waals surface area contributed by atoms with Crippen molar-refractivity contribution in [1.82, 2.24) is 24.6 Å². The fraction of sp³-hybridized carbons (Fsp3) is 0.541. The molecule has 2 atom stereocenters. The Morgan fingerprint density at radius 2 is 1.85 bits per heavy atom. The Hall–Kier alpha value is -4.09. The summed E-state index contributed by atoms with van der Waals surface area (Å²) in [6, 6.07) is 7.91. The van der Waals surface area contributed by atoms with E-state index in [1.807, 2.05) is 66.1 Å². The molecule has 1 saturated heterocycles. The van der Waals surface area contributed by atoms with E-state index >= 15 is 0 Å². The van der Waals surface area contributed by atoms with E-state index in [0.717, 1.165) is 55.1 Å². The summed E-state index contributed by atoms with van der Waals surface area (Å²) in [6.45, 7) is 5.58. The second-order valence-corrected chi connectivity index (χ2v) is 13.6. The first-order valence-electron chi connectivity index (χ1n) is 17.1. The van der Waals surface area contributed by atoms with Gasteiger partial charge in [0.05, 0.1) is 49.8 Å². The lowest BCUT2D eigenvalue weighted by molar-refractivity contribution is -0.135. The summed E-state index contributed by atoms with van der Waals surface area (Å²) < 4.78 is 12.7. The van der Waals surface area contributed by atoms with Crippen LogP contribution in [0.25, 0.3) is 17.0 Å². The Kier molecular flexibility index (Phi) is 12.0. The van der Waals surface area contributed by atoms with Gasteiger partial charge in [0.1, 0.15) is 0 Å². The summed E-state index contributed by atoms with van der Waals surface area (Å²) in [7, 11) is 7.32. The Morgan fingerprint density at radius 1 is 1.06 bits per heavy atom. The van der Waals surface area contributed by atoms with Crippen molar-refractivity contribution in [3.05, 3.63) is 60.1 Å². The van der Waals surface area contributed by atoms with Crippen LogP contribution in [0.1, 0.15) is 50.2 Å². The Labute approximate surface area is 283 Å². The maximum Gasteiger partial charge on any atom is 0.330 e. The molecule has 5 rings (SSSR count). The van der Waals surface area contributed by atoms with Gasteiger partial charge in [-0.3, -0.25) is 19.3 Å². The Bertz CT molecular complexity index is 1590. The second kappa shape index (κ2) is 16.3. The first kappa shape index (κ1) is 35.2. The molecule has 0 N–H and O–H groups in total. The number of nitrogens with zero attached hydrogens (tertiary/aromatic N) is 6. The van der Waals surface area contributed by atoms with Gasteiger partial charge in [-0.15, -0.1) is 0 Å². The maximum atomic E-state index is 14.3. The van der Waals surface area contributed by atoms with Crippen LogP contribution in [-0.4, -0.2) is 102 Å². The number of fused-ring (bicyclic) bond motifs is 1. The van der Waals surface area contributed by atoms with Crippen LogP contribution in [0.4, 0.5) is 5.69 Å². The number of carbonyl (C=O) groups excluding carboxylic acids is 3. The predicted octanol–water partition coefficient (Wildman–Crippen LogP) is 4.35. The van der Waals surface area contributed by atoms with E-state index in [1.54, 1.807) is 18.5 Å². The predicted molar refractivity (Wildman–Crippen MR) is 186 cm³/mol. The summed E-state index contributed by atoms with van der Waals surface area (Å²) in [5.74, 6) is 0.0678. The number of hydrogen-bond acceptors (Lipinski definition) is 8. The number of hydrogen-bond donors (Lipinski definition) is 0. The molecule has 0 bridgehead atoms. The van der Waals surface area contributed by atoms with Gasteiger partial charge >= 0.3 is 5.97 Å². The van der Waals surface area contributed by atoms with Gasteiger partial charge in [-0.2, -0.15) is 5.10 Å². The van der Waals surface area contributed by atoms with Crippen molar-refractivity contribution in [2.75, 3.05) is 58.9 Å². The number of aryl methyl sites for hydroxylation is 1. The van der Waals surface area contributed by atoms with Crippen LogP contribution in [0, 0.1) is 17.8 Å².